The molecule has 3 aromatic rings. The van der Waals surface area contributed by atoms with Gasteiger partial charge in [-0.05, 0) is 50.2 Å². The summed E-state index contributed by atoms with van der Waals surface area (Å²) >= 11 is 0. The molecule has 2 heteroatoms. The number of nitrogens with zero attached hydrogens (tertiary/aromatic N) is 1. The van der Waals surface area contributed by atoms with Gasteiger partial charge in [0.2, 0.25) is 0 Å². The Kier molecular flexibility index (Phi) is 6.81. The maximum Gasteiger partial charge on any atom is 0.0696 e. The predicted octanol–water partition coefficient (Wildman–Crippen LogP) is 11.0. The highest BCUT2D eigenvalue weighted by Gasteiger charge is 2.46. The van der Waals surface area contributed by atoms with Crippen LogP contribution in [-0.2, 0) is 16.2 Å². The Morgan fingerprint density at radius 3 is 1.28 bits per heavy atom. The molecule has 0 radical (unpaired) electrons. The van der Waals surface area contributed by atoms with Gasteiger partial charge in [0, 0.05) is 17.7 Å². The fourth-order valence-corrected chi connectivity index (χ4v) is 8.97. The van der Waals surface area contributed by atoms with Gasteiger partial charge in [-0.3, -0.25) is 4.74 Å². The zero-order chi connectivity index (χ0) is 26.5. The van der Waals surface area contributed by atoms with Gasteiger partial charge >= 0.3 is 0 Å². The number of hydrogen-bond acceptors (Lipinski definition) is 1. The van der Waals surface area contributed by atoms with Crippen LogP contribution in [0.1, 0.15) is 97.1 Å². The van der Waals surface area contributed by atoms with Gasteiger partial charge in [0.25, 0.3) is 0 Å². The molecular weight excluding hydrogens is 453 g/mol. The molecule has 0 fully saturated rings. The van der Waals surface area contributed by atoms with Crippen molar-refractivity contribution in [3.05, 3.63) is 101 Å². The molecule has 0 unspecified atom stereocenters. The van der Waals surface area contributed by atoms with Gasteiger partial charge in [0.05, 0.1) is 5.69 Å². The van der Waals surface area contributed by atoms with Crippen molar-refractivity contribution in [2.24, 2.45) is 4.74 Å². The van der Waals surface area contributed by atoms with E-state index in [-0.39, 0.29) is 16.2 Å². The minimum atomic E-state index is -1.85. The summed E-state index contributed by atoms with van der Waals surface area (Å²) in [4.78, 5) is 0. The lowest BCUT2D eigenvalue weighted by Gasteiger charge is -2.32. The van der Waals surface area contributed by atoms with Crippen molar-refractivity contribution >= 4 is 23.4 Å². The maximum atomic E-state index is 5.93. The van der Waals surface area contributed by atoms with Crippen LogP contribution in [0.2, 0.25) is 0 Å². The first-order valence-electron chi connectivity index (χ1n) is 13.4. The first kappa shape index (κ1) is 26.7. The second-order valence-corrected chi connectivity index (χ2v) is 16.6. The minimum absolute atomic E-state index is 0.00629. The van der Waals surface area contributed by atoms with Crippen LogP contribution in [-0.4, -0.2) is 6.16 Å². The molecule has 0 bridgehead atoms. The van der Waals surface area contributed by atoms with Gasteiger partial charge in [-0.15, -0.1) is 0 Å². The van der Waals surface area contributed by atoms with Gasteiger partial charge in [0.1, 0.15) is 0 Å². The van der Waals surface area contributed by atoms with Crippen LogP contribution in [0, 0.1) is 0 Å². The van der Waals surface area contributed by atoms with E-state index < -0.39 is 7.05 Å². The minimum Gasteiger partial charge on any atom is -0.258 e. The third kappa shape index (κ3) is 4.92. The molecule has 36 heavy (non-hydrogen) atoms. The third-order valence-corrected chi connectivity index (χ3v) is 11.0. The van der Waals surface area contributed by atoms with Gasteiger partial charge in [0.15, 0.2) is 0 Å². The maximum absolute atomic E-state index is 5.93. The Labute approximate surface area is 220 Å². The first-order chi connectivity index (χ1) is 16.7. The van der Waals surface area contributed by atoms with Crippen LogP contribution >= 0.6 is 7.05 Å². The van der Waals surface area contributed by atoms with Crippen LogP contribution in [0.15, 0.2) is 77.5 Å². The van der Waals surface area contributed by atoms with E-state index in [1.807, 2.05) is 0 Å². The summed E-state index contributed by atoms with van der Waals surface area (Å²) in [6.07, 6.45) is 1.05. The molecule has 0 saturated carbocycles. The second-order valence-electron chi connectivity index (χ2n) is 13.3. The molecule has 1 heterocycles. The molecule has 1 nitrogen and oxygen atoms in total. The Bertz CT molecular complexity index is 1250. The number of rotatable bonds is 4. The van der Waals surface area contributed by atoms with Crippen molar-refractivity contribution in [1.29, 1.82) is 0 Å². The monoisotopic (exact) mass is 497 g/mol. The molecule has 0 amide bonds. The van der Waals surface area contributed by atoms with Crippen molar-refractivity contribution in [3.63, 3.8) is 0 Å². The summed E-state index contributed by atoms with van der Waals surface area (Å²) in [5, 5.41) is 2.97. The molecule has 3 aromatic carbocycles. The van der Waals surface area contributed by atoms with Gasteiger partial charge < -0.3 is 0 Å². The summed E-state index contributed by atoms with van der Waals surface area (Å²) in [5.41, 5.74) is 8.11. The molecular formula is C34H44NP. The topological polar surface area (TPSA) is 12.4 Å². The molecule has 0 saturated heterocycles. The van der Waals surface area contributed by atoms with Crippen LogP contribution in [0.4, 0.5) is 5.69 Å². The molecule has 1 aliphatic rings. The van der Waals surface area contributed by atoms with E-state index in [9.17, 15) is 0 Å². The fraction of sp³-hybridized carbons (Fsp3) is 0.412. The van der Waals surface area contributed by atoms with Gasteiger partial charge in [-0.1, -0.05) is 142 Å². The predicted molar refractivity (Wildman–Crippen MR) is 162 cm³/mol. The smallest absolute Gasteiger partial charge is 0.0696 e. The van der Waals surface area contributed by atoms with Crippen molar-refractivity contribution in [2.75, 3.05) is 6.16 Å². The lowest BCUT2D eigenvalue weighted by molar-refractivity contribution is 0.550. The van der Waals surface area contributed by atoms with Gasteiger partial charge in [-0.25, -0.2) is 0 Å². The quantitative estimate of drug-likeness (QED) is 0.318. The molecule has 0 N–H and O–H groups in total. The summed E-state index contributed by atoms with van der Waals surface area (Å²) in [7, 11) is -1.85. The van der Waals surface area contributed by atoms with Crippen molar-refractivity contribution < 1.29 is 0 Å². The fourth-order valence-electron chi connectivity index (χ4n) is 5.14. The van der Waals surface area contributed by atoms with Crippen molar-refractivity contribution in [3.8, 4) is 0 Å². The summed E-state index contributed by atoms with van der Waals surface area (Å²) in [6.45, 7) is 23.4. The Hall–Kier alpha value is -2.37. The van der Waals surface area contributed by atoms with Gasteiger partial charge in [-0.2, -0.15) is 0 Å². The second kappa shape index (κ2) is 9.18. The summed E-state index contributed by atoms with van der Waals surface area (Å²) in [6, 6.07) is 26.8. The SMILES string of the molecule is CCP1(=Nc2c(C(C)(C)C)cc(C(C)(C)C)cc2C(C)(C)C)C(c2ccccc2)=C1c1ccccc1. The molecule has 0 aromatic heterocycles. The highest BCUT2D eigenvalue weighted by Crippen LogP contribution is 2.87. The zero-order valence-corrected chi connectivity index (χ0v) is 24.9. The average molecular weight is 498 g/mol. The largest absolute Gasteiger partial charge is 0.258 e. The van der Waals surface area contributed by atoms with Crippen LogP contribution in [0.25, 0.3) is 10.6 Å². The van der Waals surface area contributed by atoms with E-state index in [0.717, 1.165) is 6.16 Å². The molecule has 0 aliphatic carbocycles. The normalized spacial score (nSPS) is 15.7. The lowest BCUT2D eigenvalue weighted by atomic mass is 9.74. The van der Waals surface area contributed by atoms with E-state index in [2.05, 4.69) is 142 Å². The van der Waals surface area contributed by atoms with Crippen molar-refractivity contribution in [1.82, 2.24) is 0 Å². The Morgan fingerprint density at radius 1 is 0.583 bits per heavy atom. The molecule has 0 spiro atoms. The number of hydrogen-bond donors (Lipinski definition) is 0. The van der Waals surface area contributed by atoms with E-state index in [4.69, 9.17) is 4.74 Å². The zero-order valence-electron chi connectivity index (χ0n) is 24.0. The van der Waals surface area contributed by atoms with Crippen LogP contribution in [0.3, 0.4) is 0 Å². The van der Waals surface area contributed by atoms with Crippen LogP contribution in [0.5, 0.6) is 0 Å². The van der Waals surface area contributed by atoms with Crippen molar-refractivity contribution in [2.45, 2.75) is 85.5 Å². The standard InChI is InChI=1S/C34H44NP/c1-11-36(30(24-18-14-12-15-19-24)31(36)25-20-16-13-17-21-25)35-29-27(33(5,6)7)22-26(32(2,3)4)23-28(29)34(8,9)10/h12-23H,11H2,1-10H3. The summed E-state index contributed by atoms with van der Waals surface area (Å²) < 4.78 is 5.93. The highest BCUT2D eigenvalue weighted by atomic mass is 31.2. The van der Waals surface area contributed by atoms with E-state index in [1.54, 1.807) is 0 Å². The Morgan fingerprint density at radius 2 is 0.972 bits per heavy atom. The van der Waals surface area contributed by atoms with E-state index in [1.165, 1.54) is 44.1 Å². The highest BCUT2D eigenvalue weighted by molar-refractivity contribution is 7.96. The average Bonchev–Trinajstić information content (AvgIpc) is 3.46. The molecule has 190 valence electrons. The first-order valence-corrected chi connectivity index (χ1v) is 15.3. The molecule has 4 rings (SSSR count). The van der Waals surface area contributed by atoms with Crippen LogP contribution < -0.4 is 0 Å². The number of benzene rings is 3. The summed E-state index contributed by atoms with van der Waals surface area (Å²) in [5.74, 6) is 0. The van der Waals surface area contributed by atoms with E-state index in [0.29, 0.717) is 0 Å². The van der Waals surface area contributed by atoms with E-state index >= 15 is 0 Å². The lowest BCUT2D eigenvalue weighted by Crippen LogP contribution is -2.21. The third-order valence-electron chi connectivity index (χ3n) is 7.33. The molecule has 1 aliphatic heterocycles. The molecule has 0 atom stereocenters. The Balaban J connectivity index is 2.08.